The molecule has 0 radical (unpaired) electrons. The van der Waals surface area contributed by atoms with E-state index in [9.17, 15) is 9.59 Å². The van der Waals surface area contributed by atoms with Crippen molar-refractivity contribution in [3.8, 4) is 0 Å². The third-order valence-electron chi connectivity index (χ3n) is 4.45. The summed E-state index contributed by atoms with van der Waals surface area (Å²) < 4.78 is 1.71. The van der Waals surface area contributed by atoms with Crippen molar-refractivity contribution in [1.82, 2.24) is 15.1 Å². The van der Waals surface area contributed by atoms with Gasteiger partial charge >= 0.3 is 0 Å². The minimum Gasteiger partial charge on any atom is -0.349 e. The molecular weight excluding hydrogens is 326 g/mol. The Morgan fingerprint density at radius 2 is 1.77 bits per heavy atom. The molecule has 0 aliphatic heterocycles. The molecule has 0 bridgehead atoms. The molecule has 2 aromatic carbocycles. The Balaban J connectivity index is 1.71. The summed E-state index contributed by atoms with van der Waals surface area (Å²) in [5.41, 5.74) is 1.74. The molecule has 0 saturated heterocycles. The molecule has 1 aromatic heterocycles. The second-order valence-corrected chi connectivity index (χ2v) is 6.70. The summed E-state index contributed by atoms with van der Waals surface area (Å²) in [5.74, 6) is 0.254. The summed E-state index contributed by atoms with van der Waals surface area (Å²) in [7, 11) is 0. The fourth-order valence-electron chi connectivity index (χ4n) is 3.09. The number of fused-ring (bicyclic) bond motifs is 1. The van der Waals surface area contributed by atoms with E-state index in [1.807, 2.05) is 48.5 Å². The van der Waals surface area contributed by atoms with E-state index in [0.29, 0.717) is 18.4 Å². The first-order chi connectivity index (χ1) is 12.6. The van der Waals surface area contributed by atoms with Crippen molar-refractivity contribution in [3.63, 3.8) is 0 Å². The maximum absolute atomic E-state index is 12.5. The lowest BCUT2D eigenvalue weighted by molar-refractivity contribution is -0.122. The molecule has 3 aromatic rings. The van der Waals surface area contributed by atoms with Gasteiger partial charge in [-0.25, -0.2) is 0 Å². The van der Waals surface area contributed by atoms with Gasteiger partial charge in [-0.15, -0.1) is 0 Å². The largest absolute Gasteiger partial charge is 0.349 e. The van der Waals surface area contributed by atoms with Crippen molar-refractivity contribution in [3.05, 3.63) is 76.6 Å². The van der Waals surface area contributed by atoms with E-state index in [0.717, 1.165) is 11.1 Å². The van der Waals surface area contributed by atoms with Crippen LogP contribution >= 0.6 is 0 Å². The van der Waals surface area contributed by atoms with Crippen LogP contribution in [0.25, 0.3) is 10.9 Å². The lowest BCUT2D eigenvalue weighted by Gasteiger charge is -2.23. The van der Waals surface area contributed by atoms with Gasteiger partial charge in [-0.1, -0.05) is 56.3 Å². The molecule has 0 fully saturated rings. The van der Waals surface area contributed by atoms with E-state index < -0.39 is 0 Å². The highest BCUT2D eigenvalue weighted by atomic mass is 16.1. The van der Waals surface area contributed by atoms with Crippen molar-refractivity contribution < 1.29 is 4.79 Å². The molecular formula is C21H23N3O2. The molecule has 0 aliphatic carbocycles. The molecule has 1 N–H and O–H groups in total. The van der Waals surface area contributed by atoms with Gasteiger partial charge in [0, 0.05) is 11.8 Å². The van der Waals surface area contributed by atoms with Crippen LogP contribution < -0.4 is 10.7 Å². The number of amides is 1. The SMILES string of the molecule is CC(C)C(NC(=O)CCn1ncc(=O)c2ccccc21)c1ccccc1. The van der Waals surface area contributed by atoms with Gasteiger partial charge in [-0.2, -0.15) is 5.10 Å². The van der Waals surface area contributed by atoms with Crippen molar-refractivity contribution in [2.75, 3.05) is 0 Å². The lowest BCUT2D eigenvalue weighted by Crippen LogP contribution is -2.32. The van der Waals surface area contributed by atoms with E-state index in [1.54, 1.807) is 10.7 Å². The number of carbonyl (C=O) groups excluding carboxylic acids is 1. The predicted octanol–water partition coefficient (Wildman–Crippen LogP) is 3.30. The molecule has 0 saturated carbocycles. The van der Waals surface area contributed by atoms with Crippen LogP contribution in [0.1, 0.15) is 31.9 Å². The Bertz CT molecular complexity index is 948. The number of carbonyl (C=O) groups is 1. The maximum atomic E-state index is 12.5. The number of aromatic nitrogens is 2. The number of benzene rings is 2. The Hall–Kier alpha value is -2.95. The van der Waals surface area contributed by atoms with Gasteiger partial charge in [0.05, 0.1) is 24.3 Å². The molecule has 1 atom stereocenters. The fraction of sp³-hybridized carbons (Fsp3) is 0.286. The average Bonchev–Trinajstić information content (AvgIpc) is 2.66. The highest BCUT2D eigenvalue weighted by molar-refractivity contribution is 5.79. The topological polar surface area (TPSA) is 64.0 Å². The van der Waals surface area contributed by atoms with Crippen molar-refractivity contribution in [2.24, 2.45) is 5.92 Å². The second kappa shape index (κ2) is 7.95. The zero-order valence-corrected chi connectivity index (χ0v) is 15.1. The summed E-state index contributed by atoms with van der Waals surface area (Å²) in [6.07, 6.45) is 1.61. The molecule has 5 nitrogen and oxygen atoms in total. The van der Waals surface area contributed by atoms with Gasteiger partial charge in [-0.3, -0.25) is 14.3 Å². The van der Waals surface area contributed by atoms with Gasteiger partial charge in [0.1, 0.15) is 0 Å². The molecule has 0 spiro atoms. The molecule has 1 unspecified atom stereocenters. The normalized spacial score (nSPS) is 12.3. The summed E-state index contributed by atoms with van der Waals surface area (Å²) in [4.78, 5) is 24.4. The van der Waals surface area contributed by atoms with Crippen LogP contribution in [0.2, 0.25) is 0 Å². The Kier molecular flexibility index (Phi) is 5.46. The van der Waals surface area contributed by atoms with E-state index in [-0.39, 0.29) is 23.3 Å². The van der Waals surface area contributed by atoms with E-state index in [1.165, 1.54) is 6.20 Å². The van der Waals surface area contributed by atoms with Gasteiger partial charge in [-0.05, 0) is 23.6 Å². The molecule has 134 valence electrons. The number of nitrogens with one attached hydrogen (secondary N) is 1. The fourth-order valence-corrected chi connectivity index (χ4v) is 3.09. The van der Waals surface area contributed by atoms with Crippen LogP contribution in [0.3, 0.4) is 0 Å². The average molecular weight is 349 g/mol. The maximum Gasteiger partial charge on any atom is 0.222 e. The van der Waals surface area contributed by atoms with E-state index in [4.69, 9.17) is 0 Å². The Labute approximate surface area is 152 Å². The van der Waals surface area contributed by atoms with Crippen LogP contribution in [0.4, 0.5) is 0 Å². The summed E-state index contributed by atoms with van der Waals surface area (Å²) in [6.45, 7) is 4.61. The standard InChI is InChI=1S/C21H23N3O2/c1-15(2)21(16-8-4-3-5-9-16)23-20(26)12-13-24-18-11-7-6-10-17(18)19(25)14-22-24/h3-11,14-15,21H,12-13H2,1-2H3,(H,23,26). The van der Waals surface area contributed by atoms with Crippen LogP contribution in [0.5, 0.6) is 0 Å². The Morgan fingerprint density at radius 1 is 1.08 bits per heavy atom. The smallest absolute Gasteiger partial charge is 0.222 e. The van der Waals surface area contributed by atoms with Crippen LogP contribution in [-0.4, -0.2) is 15.7 Å². The number of para-hydroxylation sites is 1. The first-order valence-electron chi connectivity index (χ1n) is 8.85. The summed E-state index contributed by atoms with van der Waals surface area (Å²) in [6, 6.07) is 17.3. The highest BCUT2D eigenvalue weighted by Gasteiger charge is 2.18. The second-order valence-electron chi connectivity index (χ2n) is 6.70. The zero-order valence-electron chi connectivity index (χ0n) is 15.1. The van der Waals surface area contributed by atoms with Gasteiger partial charge in [0.15, 0.2) is 0 Å². The first kappa shape index (κ1) is 17.9. The van der Waals surface area contributed by atoms with E-state index in [2.05, 4.69) is 24.3 Å². The quantitative estimate of drug-likeness (QED) is 0.743. The van der Waals surface area contributed by atoms with Gasteiger partial charge < -0.3 is 5.32 Å². The Morgan fingerprint density at radius 3 is 2.50 bits per heavy atom. The van der Waals surface area contributed by atoms with E-state index >= 15 is 0 Å². The third kappa shape index (κ3) is 3.99. The number of aryl methyl sites for hydroxylation is 1. The molecule has 1 amide bonds. The monoisotopic (exact) mass is 349 g/mol. The number of hydrogen-bond donors (Lipinski definition) is 1. The van der Waals surface area contributed by atoms with Crippen LogP contribution in [0, 0.1) is 5.92 Å². The van der Waals surface area contributed by atoms with Crippen LogP contribution in [-0.2, 0) is 11.3 Å². The highest BCUT2D eigenvalue weighted by Crippen LogP contribution is 2.21. The number of nitrogens with zero attached hydrogens (tertiary/aromatic N) is 2. The minimum absolute atomic E-state index is 0.0255. The molecule has 1 heterocycles. The van der Waals surface area contributed by atoms with Crippen LogP contribution in [0.15, 0.2) is 65.6 Å². The lowest BCUT2D eigenvalue weighted by atomic mass is 9.96. The summed E-state index contributed by atoms with van der Waals surface area (Å²) in [5, 5.41) is 7.91. The molecule has 26 heavy (non-hydrogen) atoms. The third-order valence-corrected chi connectivity index (χ3v) is 4.45. The summed E-state index contributed by atoms with van der Waals surface area (Å²) >= 11 is 0. The predicted molar refractivity (Wildman–Crippen MR) is 103 cm³/mol. The van der Waals surface area contributed by atoms with Crippen molar-refractivity contribution >= 4 is 16.8 Å². The minimum atomic E-state index is -0.106. The van der Waals surface area contributed by atoms with Crippen molar-refractivity contribution in [2.45, 2.75) is 32.9 Å². The van der Waals surface area contributed by atoms with Gasteiger partial charge in [0.2, 0.25) is 11.3 Å². The molecule has 3 rings (SSSR count). The molecule has 0 aliphatic rings. The molecule has 5 heteroatoms. The number of rotatable bonds is 6. The van der Waals surface area contributed by atoms with Gasteiger partial charge in [0.25, 0.3) is 0 Å². The first-order valence-corrected chi connectivity index (χ1v) is 8.85. The zero-order chi connectivity index (χ0) is 18.5. The number of hydrogen-bond acceptors (Lipinski definition) is 3. The van der Waals surface area contributed by atoms with Crippen molar-refractivity contribution in [1.29, 1.82) is 0 Å².